The molecule has 2 rings (SSSR count). The standard InChI is InChI=1S/C14H14N2O4/c1-9-5-3-4-6-11(9)15-13(17)8-19-14(18)12-7-10(2)16-20-12/h3-7H,8H2,1-2H3,(H,15,17). The van der Waals surface area contributed by atoms with Crippen LogP contribution in [0.15, 0.2) is 34.9 Å². The fourth-order valence-corrected chi connectivity index (χ4v) is 1.56. The summed E-state index contributed by atoms with van der Waals surface area (Å²) in [4.78, 5) is 23.2. The van der Waals surface area contributed by atoms with Crippen LogP contribution in [0.4, 0.5) is 5.69 Å². The summed E-state index contributed by atoms with van der Waals surface area (Å²) < 4.78 is 9.57. The topological polar surface area (TPSA) is 81.4 Å². The zero-order valence-electron chi connectivity index (χ0n) is 11.2. The highest BCUT2D eigenvalue weighted by atomic mass is 16.6. The Hall–Kier alpha value is -2.63. The summed E-state index contributed by atoms with van der Waals surface area (Å²) in [5.74, 6) is -1.15. The Kier molecular flexibility index (Phi) is 4.14. The predicted molar refractivity (Wildman–Crippen MR) is 71.3 cm³/mol. The van der Waals surface area contributed by atoms with Gasteiger partial charge in [0.2, 0.25) is 5.76 Å². The zero-order valence-corrected chi connectivity index (χ0v) is 11.2. The van der Waals surface area contributed by atoms with Crippen molar-refractivity contribution in [2.75, 3.05) is 11.9 Å². The molecule has 1 aromatic heterocycles. The summed E-state index contributed by atoms with van der Waals surface area (Å²) in [5, 5.41) is 6.23. The van der Waals surface area contributed by atoms with Crippen molar-refractivity contribution in [3.8, 4) is 0 Å². The normalized spacial score (nSPS) is 10.1. The summed E-state index contributed by atoms with van der Waals surface area (Å²) in [6.45, 7) is 3.18. The van der Waals surface area contributed by atoms with Crippen molar-refractivity contribution < 1.29 is 18.8 Å². The number of carbonyl (C=O) groups excluding carboxylic acids is 2. The number of hydrogen-bond donors (Lipinski definition) is 1. The van der Waals surface area contributed by atoms with E-state index in [1.165, 1.54) is 6.07 Å². The van der Waals surface area contributed by atoms with Gasteiger partial charge in [0.05, 0.1) is 5.69 Å². The molecule has 0 aliphatic carbocycles. The Labute approximate surface area is 115 Å². The lowest BCUT2D eigenvalue weighted by atomic mass is 10.2. The van der Waals surface area contributed by atoms with Crippen LogP contribution < -0.4 is 5.32 Å². The molecule has 0 bridgehead atoms. The third kappa shape index (κ3) is 3.44. The number of rotatable bonds is 4. The van der Waals surface area contributed by atoms with Crippen LogP contribution in [-0.4, -0.2) is 23.6 Å². The summed E-state index contributed by atoms with van der Waals surface area (Å²) in [6, 6.07) is 8.78. The first kappa shape index (κ1) is 13.8. The van der Waals surface area contributed by atoms with E-state index >= 15 is 0 Å². The Morgan fingerprint density at radius 2 is 2.05 bits per heavy atom. The van der Waals surface area contributed by atoms with Gasteiger partial charge in [-0.1, -0.05) is 23.4 Å². The van der Waals surface area contributed by atoms with Crippen LogP contribution in [0.5, 0.6) is 0 Å². The number of anilines is 1. The Balaban J connectivity index is 1.87. The molecule has 0 aliphatic heterocycles. The number of benzene rings is 1. The lowest BCUT2D eigenvalue weighted by molar-refractivity contribution is -0.119. The van der Waals surface area contributed by atoms with Gasteiger partial charge in [0, 0.05) is 11.8 Å². The third-order valence-corrected chi connectivity index (χ3v) is 2.58. The average molecular weight is 274 g/mol. The number of nitrogens with zero attached hydrogens (tertiary/aromatic N) is 1. The monoisotopic (exact) mass is 274 g/mol. The number of amides is 1. The minimum atomic E-state index is -0.717. The van der Waals surface area contributed by atoms with Crippen LogP contribution in [0.3, 0.4) is 0 Å². The molecule has 104 valence electrons. The summed E-state index contributed by atoms with van der Waals surface area (Å²) >= 11 is 0. The van der Waals surface area contributed by atoms with Gasteiger partial charge in [-0.2, -0.15) is 0 Å². The molecule has 6 nitrogen and oxygen atoms in total. The van der Waals surface area contributed by atoms with Crippen LogP contribution in [0.2, 0.25) is 0 Å². The molecule has 1 heterocycles. The minimum Gasteiger partial charge on any atom is -0.450 e. The van der Waals surface area contributed by atoms with E-state index in [0.29, 0.717) is 11.4 Å². The van der Waals surface area contributed by atoms with Gasteiger partial charge in [-0.3, -0.25) is 4.79 Å². The Morgan fingerprint density at radius 1 is 1.30 bits per heavy atom. The quantitative estimate of drug-likeness (QED) is 0.863. The van der Waals surface area contributed by atoms with Crippen molar-refractivity contribution in [1.29, 1.82) is 0 Å². The highest BCUT2D eigenvalue weighted by Gasteiger charge is 2.15. The number of ether oxygens (including phenoxy) is 1. The first-order valence-corrected chi connectivity index (χ1v) is 6.02. The van der Waals surface area contributed by atoms with Crippen LogP contribution in [0.25, 0.3) is 0 Å². The van der Waals surface area contributed by atoms with E-state index in [1.54, 1.807) is 13.0 Å². The summed E-state index contributed by atoms with van der Waals surface area (Å²) in [7, 11) is 0. The van der Waals surface area contributed by atoms with Crippen molar-refractivity contribution in [2.45, 2.75) is 13.8 Å². The van der Waals surface area contributed by atoms with E-state index in [1.807, 2.05) is 25.1 Å². The van der Waals surface area contributed by atoms with E-state index in [9.17, 15) is 9.59 Å². The minimum absolute atomic E-state index is 0.0220. The Bertz CT molecular complexity index is 634. The van der Waals surface area contributed by atoms with Gasteiger partial charge in [0.15, 0.2) is 6.61 Å². The molecule has 0 fully saturated rings. The summed E-state index contributed by atoms with van der Waals surface area (Å²) in [6.07, 6.45) is 0. The molecule has 0 saturated heterocycles. The molecule has 0 atom stereocenters. The second-order valence-electron chi connectivity index (χ2n) is 4.27. The van der Waals surface area contributed by atoms with Crippen molar-refractivity contribution in [3.05, 3.63) is 47.3 Å². The van der Waals surface area contributed by atoms with Gasteiger partial charge in [0.1, 0.15) is 0 Å². The number of nitrogens with one attached hydrogen (secondary N) is 1. The molecular weight excluding hydrogens is 260 g/mol. The van der Waals surface area contributed by atoms with Gasteiger partial charge >= 0.3 is 5.97 Å². The van der Waals surface area contributed by atoms with Crippen molar-refractivity contribution in [3.63, 3.8) is 0 Å². The molecular formula is C14H14N2O4. The van der Waals surface area contributed by atoms with Crippen LogP contribution in [-0.2, 0) is 9.53 Å². The Morgan fingerprint density at radius 3 is 2.70 bits per heavy atom. The molecule has 0 radical (unpaired) electrons. The number of para-hydroxylation sites is 1. The molecule has 1 N–H and O–H groups in total. The first-order valence-electron chi connectivity index (χ1n) is 6.02. The van der Waals surface area contributed by atoms with E-state index in [4.69, 9.17) is 9.26 Å². The average Bonchev–Trinajstić information content (AvgIpc) is 2.85. The van der Waals surface area contributed by atoms with Crippen molar-refractivity contribution in [1.82, 2.24) is 5.16 Å². The van der Waals surface area contributed by atoms with Gasteiger partial charge in [0.25, 0.3) is 5.91 Å². The maximum atomic E-state index is 11.7. The molecule has 20 heavy (non-hydrogen) atoms. The largest absolute Gasteiger partial charge is 0.450 e. The number of hydrogen-bond acceptors (Lipinski definition) is 5. The maximum Gasteiger partial charge on any atom is 0.377 e. The lowest BCUT2D eigenvalue weighted by Gasteiger charge is -2.07. The van der Waals surface area contributed by atoms with E-state index in [-0.39, 0.29) is 12.4 Å². The second kappa shape index (κ2) is 6.01. The van der Waals surface area contributed by atoms with Gasteiger partial charge in [-0.05, 0) is 25.5 Å². The zero-order chi connectivity index (χ0) is 14.5. The maximum absolute atomic E-state index is 11.7. The third-order valence-electron chi connectivity index (χ3n) is 2.58. The smallest absolute Gasteiger partial charge is 0.377 e. The predicted octanol–water partition coefficient (Wildman–Crippen LogP) is 2.09. The SMILES string of the molecule is Cc1cc(C(=O)OCC(=O)Nc2ccccc2C)on1. The first-order chi connectivity index (χ1) is 9.56. The molecule has 1 amide bonds. The molecule has 0 spiro atoms. The van der Waals surface area contributed by atoms with Gasteiger partial charge < -0.3 is 14.6 Å². The van der Waals surface area contributed by atoms with E-state index < -0.39 is 11.9 Å². The number of esters is 1. The van der Waals surface area contributed by atoms with Crippen LogP contribution >= 0.6 is 0 Å². The summed E-state index contributed by atoms with van der Waals surface area (Å²) in [5.41, 5.74) is 2.18. The fourth-order valence-electron chi connectivity index (χ4n) is 1.56. The fraction of sp³-hybridized carbons (Fsp3) is 0.214. The number of aromatic nitrogens is 1. The molecule has 0 saturated carbocycles. The highest BCUT2D eigenvalue weighted by molar-refractivity contribution is 5.95. The second-order valence-corrected chi connectivity index (χ2v) is 4.27. The van der Waals surface area contributed by atoms with Crippen LogP contribution in [0, 0.1) is 13.8 Å². The molecule has 0 unspecified atom stereocenters. The van der Waals surface area contributed by atoms with Gasteiger partial charge in [-0.15, -0.1) is 0 Å². The van der Waals surface area contributed by atoms with Crippen molar-refractivity contribution in [2.24, 2.45) is 0 Å². The van der Waals surface area contributed by atoms with E-state index in [0.717, 1.165) is 5.56 Å². The molecule has 2 aromatic rings. The van der Waals surface area contributed by atoms with E-state index in [2.05, 4.69) is 10.5 Å². The number of aryl methyl sites for hydroxylation is 2. The van der Waals surface area contributed by atoms with Crippen LogP contribution in [0.1, 0.15) is 21.8 Å². The molecule has 0 aliphatic rings. The van der Waals surface area contributed by atoms with Crippen molar-refractivity contribution >= 4 is 17.6 Å². The number of carbonyl (C=O) groups is 2. The lowest BCUT2D eigenvalue weighted by Crippen LogP contribution is -2.21. The molecule has 1 aromatic carbocycles. The highest BCUT2D eigenvalue weighted by Crippen LogP contribution is 2.12. The molecule has 6 heteroatoms. The van der Waals surface area contributed by atoms with Gasteiger partial charge in [-0.25, -0.2) is 4.79 Å².